The molecule has 0 N–H and O–H groups in total. The van der Waals surface area contributed by atoms with E-state index in [0.29, 0.717) is 5.69 Å². The molecule has 0 bridgehead atoms. The molecule has 0 fully saturated rings. The number of nitrogens with zero attached hydrogens (tertiary/aromatic N) is 2. The third-order valence-corrected chi connectivity index (χ3v) is 3.10. The number of hydrogen-bond acceptors (Lipinski definition) is 5. The van der Waals surface area contributed by atoms with Gasteiger partial charge in [0.2, 0.25) is 0 Å². The van der Waals surface area contributed by atoms with E-state index in [-0.39, 0.29) is 13.2 Å². The lowest BCUT2D eigenvalue weighted by molar-refractivity contribution is -0.386. The highest BCUT2D eigenvalue weighted by atomic mass is 16.6. The summed E-state index contributed by atoms with van der Waals surface area (Å²) in [5, 5.41) is 10.8. The first-order valence-electron chi connectivity index (χ1n) is 6.53. The van der Waals surface area contributed by atoms with Gasteiger partial charge in [0.15, 0.2) is 0 Å². The van der Waals surface area contributed by atoms with E-state index in [1.54, 1.807) is 19.1 Å². The lowest BCUT2D eigenvalue weighted by atomic mass is 10.2. The van der Waals surface area contributed by atoms with Crippen molar-refractivity contribution in [1.82, 2.24) is 4.57 Å². The van der Waals surface area contributed by atoms with Crippen molar-refractivity contribution in [1.29, 1.82) is 0 Å². The van der Waals surface area contributed by atoms with Crippen LogP contribution in [0.3, 0.4) is 0 Å². The van der Waals surface area contributed by atoms with Gasteiger partial charge in [-0.2, -0.15) is 0 Å². The molecule has 2 aromatic rings. The van der Waals surface area contributed by atoms with Crippen molar-refractivity contribution in [3.05, 3.63) is 74.2 Å². The quantitative estimate of drug-likeness (QED) is 0.477. The van der Waals surface area contributed by atoms with E-state index in [0.717, 1.165) is 16.2 Å². The predicted octanol–water partition coefficient (Wildman–Crippen LogP) is 1.81. The van der Waals surface area contributed by atoms with Crippen LogP contribution in [-0.4, -0.2) is 15.5 Å². The molecular weight excluding hydrogens is 288 g/mol. The Balaban J connectivity index is 2.10. The SMILES string of the molecule is Cc1ccc([N+](=O)[O-])c(=O)n1CC(=O)OCc1ccccc1. The van der Waals surface area contributed by atoms with Gasteiger partial charge in [0.1, 0.15) is 13.2 Å². The fourth-order valence-corrected chi connectivity index (χ4v) is 1.91. The fourth-order valence-electron chi connectivity index (χ4n) is 1.91. The van der Waals surface area contributed by atoms with Gasteiger partial charge >= 0.3 is 17.2 Å². The highest BCUT2D eigenvalue weighted by Gasteiger charge is 2.17. The van der Waals surface area contributed by atoms with Crippen LogP contribution >= 0.6 is 0 Å². The van der Waals surface area contributed by atoms with Crippen molar-refractivity contribution >= 4 is 11.7 Å². The maximum absolute atomic E-state index is 12.0. The molecule has 0 atom stereocenters. The smallest absolute Gasteiger partial charge is 0.334 e. The van der Waals surface area contributed by atoms with Crippen LogP contribution in [0.4, 0.5) is 5.69 Å². The molecule has 0 aliphatic rings. The van der Waals surface area contributed by atoms with Crippen molar-refractivity contribution in [3.8, 4) is 0 Å². The van der Waals surface area contributed by atoms with Gasteiger partial charge in [-0.15, -0.1) is 0 Å². The Morgan fingerprint density at radius 3 is 2.55 bits per heavy atom. The van der Waals surface area contributed by atoms with Crippen LogP contribution in [0, 0.1) is 17.0 Å². The monoisotopic (exact) mass is 302 g/mol. The Hall–Kier alpha value is -2.96. The van der Waals surface area contributed by atoms with Crippen LogP contribution in [0.15, 0.2) is 47.3 Å². The summed E-state index contributed by atoms with van der Waals surface area (Å²) in [4.78, 5) is 33.8. The Kier molecular flexibility index (Phi) is 4.67. The van der Waals surface area contributed by atoms with Gasteiger partial charge in [0.25, 0.3) is 0 Å². The lowest BCUT2D eigenvalue weighted by Crippen LogP contribution is -2.28. The molecule has 0 saturated heterocycles. The van der Waals surface area contributed by atoms with E-state index >= 15 is 0 Å². The van der Waals surface area contributed by atoms with E-state index in [1.807, 2.05) is 18.2 Å². The summed E-state index contributed by atoms with van der Waals surface area (Å²) in [5.41, 5.74) is -0.116. The molecule has 0 aliphatic heterocycles. The molecule has 0 aliphatic carbocycles. The Bertz CT molecular complexity index is 752. The van der Waals surface area contributed by atoms with Gasteiger partial charge in [-0.3, -0.25) is 24.3 Å². The van der Waals surface area contributed by atoms with Gasteiger partial charge < -0.3 is 4.74 Å². The topological polar surface area (TPSA) is 91.4 Å². The highest BCUT2D eigenvalue weighted by Crippen LogP contribution is 2.07. The van der Waals surface area contributed by atoms with E-state index in [2.05, 4.69) is 0 Å². The number of esters is 1. The number of carbonyl (C=O) groups is 1. The first kappa shape index (κ1) is 15.4. The molecule has 0 unspecified atom stereocenters. The predicted molar refractivity (Wildman–Crippen MR) is 78.3 cm³/mol. The second-order valence-electron chi connectivity index (χ2n) is 4.65. The number of benzene rings is 1. The zero-order chi connectivity index (χ0) is 16.1. The van der Waals surface area contributed by atoms with E-state index < -0.39 is 22.1 Å². The Morgan fingerprint density at radius 1 is 1.23 bits per heavy atom. The van der Waals surface area contributed by atoms with Crippen LogP contribution in [0.5, 0.6) is 0 Å². The third-order valence-electron chi connectivity index (χ3n) is 3.10. The molecule has 0 amide bonds. The number of ether oxygens (including phenoxy) is 1. The van der Waals surface area contributed by atoms with Gasteiger partial charge in [-0.05, 0) is 18.6 Å². The van der Waals surface area contributed by atoms with Crippen LogP contribution in [0.25, 0.3) is 0 Å². The zero-order valence-corrected chi connectivity index (χ0v) is 11.9. The van der Waals surface area contributed by atoms with Gasteiger partial charge in [-0.1, -0.05) is 30.3 Å². The number of pyridine rings is 1. The average Bonchev–Trinajstić information content (AvgIpc) is 2.50. The largest absolute Gasteiger partial charge is 0.459 e. The summed E-state index contributed by atoms with van der Waals surface area (Å²) in [5.74, 6) is -0.630. The summed E-state index contributed by atoms with van der Waals surface area (Å²) < 4.78 is 6.11. The van der Waals surface area contributed by atoms with Crippen LogP contribution < -0.4 is 5.56 Å². The third kappa shape index (κ3) is 3.57. The van der Waals surface area contributed by atoms with Gasteiger partial charge in [0.05, 0.1) is 4.92 Å². The number of rotatable bonds is 5. The van der Waals surface area contributed by atoms with Crippen LogP contribution in [0.2, 0.25) is 0 Å². The zero-order valence-electron chi connectivity index (χ0n) is 11.9. The summed E-state index contributed by atoms with van der Waals surface area (Å²) in [6, 6.07) is 11.6. The van der Waals surface area contributed by atoms with Gasteiger partial charge in [-0.25, -0.2) is 0 Å². The minimum Gasteiger partial charge on any atom is -0.459 e. The summed E-state index contributed by atoms with van der Waals surface area (Å²) in [6.45, 7) is 1.32. The molecule has 22 heavy (non-hydrogen) atoms. The molecule has 0 spiro atoms. The molecule has 0 radical (unpaired) electrons. The average molecular weight is 302 g/mol. The van der Waals surface area contributed by atoms with Crippen molar-refractivity contribution < 1.29 is 14.5 Å². The lowest BCUT2D eigenvalue weighted by Gasteiger charge is -2.09. The minimum atomic E-state index is -0.818. The molecule has 1 heterocycles. The normalized spacial score (nSPS) is 10.2. The first-order valence-corrected chi connectivity index (χ1v) is 6.53. The number of hydrogen-bond donors (Lipinski definition) is 0. The molecule has 1 aromatic heterocycles. The van der Waals surface area contributed by atoms with Crippen molar-refractivity contribution in [3.63, 3.8) is 0 Å². The van der Waals surface area contributed by atoms with E-state index in [9.17, 15) is 19.7 Å². The first-order chi connectivity index (χ1) is 10.5. The molecule has 114 valence electrons. The number of nitro groups is 1. The second-order valence-corrected chi connectivity index (χ2v) is 4.65. The van der Waals surface area contributed by atoms with Crippen LogP contribution in [0.1, 0.15) is 11.3 Å². The minimum absolute atomic E-state index is 0.0857. The van der Waals surface area contributed by atoms with Crippen molar-refractivity contribution in [2.75, 3.05) is 0 Å². The fraction of sp³-hybridized carbons (Fsp3) is 0.200. The Labute approximate surface area is 125 Å². The molecular formula is C15H14N2O5. The standard InChI is InChI=1S/C15H14N2O5/c1-11-7-8-13(17(20)21)15(19)16(11)9-14(18)22-10-12-5-3-2-4-6-12/h2-8H,9-10H2,1H3. The van der Waals surface area contributed by atoms with Crippen molar-refractivity contribution in [2.24, 2.45) is 0 Å². The molecule has 2 rings (SSSR count). The summed E-state index contributed by atoms with van der Waals surface area (Å²) >= 11 is 0. The number of aryl methyl sites for hydroxylation is 1. The van der Waals surface area contributed by atoms with E-state index in [1.165, 1.54) is 6.07 Å². The van der Waals surface area contributed by atoms with Crippen LogP contribution in [-0.2, 0) is 22.7 Å². The van der Waals surface area contributed by atoms with Crippen molar-refractivity contribution in [2.45, 2.75) is 20.1 Å². The molecule has 1 aromatic carbocycles. The highest BCUT2D eigenvalue weighted by molar-refractivity contribution is 5.69. The molecule has 0 saturated carbocycles. The Morgan fingerprint density at radius 2 is 1.91 bits per heavy atom. The maximum Gasteiger partial charge on any atom is 0.334 e. The summed E-state index contributed by atoms with van der Waals surface area (Å²) in [7, 11) is 0. The van der Waals surface area contributed by atoms with E-state index in [4.69, 9.17) is 4.74 Å². The number of carbonyl (C=O) groups excluding carboxylic acids is 1. The second kappa shape index (κ2) is 6.66. The maximum atomic E-state index is 12.0. The molecule has 7 heteroatoms. The molecule has 7 nitrogen and oxygen atoms in total. The number of aromatic nitrogens is 1. The summed E-state index contributed by atoms with van der Waals surface area (Å²) in [6.07, 6.45) is 0. The van der Waals surface area contributed by atoms with Gasteiger partial charge in [0, 0.05) is 11.8 Å².